The summed E-state index contributed by atoms with van der Waals surface area (Å²) in [5.74, 6) is -0.232. The molecule has 0 aliphatic heterocycles. The van der Waals surface area contributed by atoms with Crippen LogP contribution in [0, 0.1) is 10.1 Å². The SMILES string of the molecule is CN(CC(=O)Nc1ccc([N+](=O)[O-])cc1)Cc1cccc(Cl)c1Cl. The Morgan fingerprint density at radius 3 is 2.50 bits per heavy atom. The van der Waals surface area contributed by atoms with Crippen molar-refractivity contribution in [3.05, 3.63) is 68.2 Å². The molecule has 1 N–H and O–H groups in total. The minimum Gasteiger partial charge on any atom is -0.325 e. The molecule has 0 radical (unpaired) electrons. The zero-order valence-corrected chi connectivity index (χ0v) is 14.3. The highest BCUT2D eigenvalue weighted by Gasteiger charge is 2.11. The molecule has 0 heterocycles. The van der Waals surface area contributed by atoms with Crippen LogP contribution in [0.5, 0.6) is 0 Å². The lowest BCUT2D eigenvalue weighted by Crippen LogP contribution is -2.29. The van der Waals surface area contributed by atoms with E-state index in [0.717, 1.165) is 5.56 Å². The summed E-state index contributed by atoms with van der Waals surface area (Å²) in [6.07, 6.45) is 0. The van der Waals surface area contributed by atoms with Gasteiger partial charge in [-0.15, -0.1) is 0 Å². The van der Waals surface area contributed by atoms with Gasteiger partial charge >= 0.3 is 0 Å². The normalized spacial score (nSPS) is 10.7. The summed E-state index contributed by atoms with van der Waals surface area (Å²) < 4.78 is 0. The largest absolute Gasteiger partial charge is 0.325 e. The van der Waals surface area contributed by atoms with Gasteiger partial charge in [-0.05, 0) is 30.8 Å². The van der Waals surface area contributed by atoms with Gasteiger partial charge in [-0.1, -0.05) is 35.3 Å². The van der Waals surface area contributed by atoms with Crippen LogP contribution < -0.4 is 5.32 Å². The molecule has 0 fully saturated rings. The topological polar surface area (TPSA) is 75.5 Å². The molecule has 1 amide bonds. The summed E-state index contributed by atoms with van der Waals surface area (Å²) in [4.78, 5) is 23.9. The van der Waals surface area contributed by atoms with Crippen molar-refractivity contribution in [1.82, 2.24) is 4.90 Å². The van der Waals surface area contributed by atoms with Gasteiger partial charge in [0.2, 0.25) is 5.91 Å². The van der Waals surface area contributed by atoms with E-state index in [2.05, 4.69) is 5.32 Å². The highest BCUT2D eigenvalue weighted by molar-refractivity contribution is 6.42. The number of likely N-dealkylation sites (N-methyl/N-ethyl adjacent to an activating group) is 1. The maximum Gasteiger partial charge on any atom is 0.269 e. The van der Waals surface area contributed by atoms with Crippen molar-refractivity contribution in [2.75, 3.05) is 18.9 Å². The quantitative estimate of drug-likeness (QED) is 0.618. The van der Waals surface area contributed by atoms with Crippen LogP contribution in [0.4, 0.5) is 11.4 Å². The number of nitro benzene ring substituents is 1. The molecular weight excluding hydrogens is 353 g/mol. The molecule has 126 valence electrons. The second-order valence-corrected chi connectivity index (χ2v) is 6.02. The van der Waals surface area contributed by atoms with Gasteiger partial charge in [0.05, 0.1) is 21.5 Å². The molecule has 0 bridgehead atoms. The van der Waals surface area contributed by atoms with Crippen molar-refractivity contribution >= 4 is 40.5 Å². The maximum atomic E-state index is 12.0. The van der Waals surface area contributed by atoms with Crippen LogP contribution in [0.3, 0.4) is 0 Å². The summed E-state index contributed by atoms with van der Waals surface area (Å²) in [6, 6.07) is 11.0. The Kier molecular flexibility index (Phi) is 6.14. The number of non-ortho nitro benzene ring substituents is 1. The summed E-state index contributed by atoms with van der Waals surface area (Å²) in [5, 5.41) is 14.2. The van der Waals surface area contributed by atoms with Crippen LogP contribution in [-0.2, 0) is 11.3 Å². The molecule has 2 aromatic carbocycles. The summed E-state index contributed by atoms with van der Waals surface area (Å²) >= 11 is 12.1. The second-order valence-electron chi connectivity index (χ2n) is 5.24. The number of hydrogen-bond acceptors (Lipinski definition) is 4. The van der Waals surface area contributed by atoms with Gasteiger partial charge in [0.15, 0.2) is 0 Å². The Hall–Kier alpha value is -2.15. The maximum absolute atomic E-state index is 12.0. The molecule has 8 heteroatoms. The van der Waals surface area contributed by atoms with Gasteiger partial charge in [0.1, 0.15) is 0 Å². The minimum absolute atomic E-state index is 0.0271. The van der Waals surface area contributed by atoms with E-state index in [0.29, 0.717) is 22.3 Å². The highest BCUT2D eigenvalue weighted by atomic mass is 35.5. The molecule has 0 atom stereocenters. The van der Waals surface area contributed by atoms with Gasteiger partial charge in [-0.2, -0.15) is 0 Å². The first-order chi connectivity index (χ1) is 11.4. The molecule has 0 unspecified atom stereocenters. The van der Waals surface area contributed by atoms with Gasteiger partial charge < -0.3 is 5.32 Å². The fourth-order valence-corrected chi connectivity index (χ4v) is 2.51. The van der Waals surface area contributed by atoms with E-state index in [1.807, 2.05) is 6.07 Å². The minimum atomic E-state index is -0.492. The lowest BCUT2D eigenvalue weighted by Gasteiger charge is -2.17. The standard InChI is InChI=1S/C16H15Cl2N3O3/c1-20(9-11-3-2-4-14(17)16(11)18)10-15(22)19-12-5-7-13(8-6-12)21(23)24/h2-8H,9-10H2,1H3,(H,19,22). The van der Waals surface area contributed by atoms with Crippen LogP contribution in [0.2, 0.25) is 10.0 Å². The first-order valence-electron chi connectivity index (χ1n) is 7.02. The van der Waals surface area contributed by atoms with E-state index in [1.54, 1.807) is 24.1 Å². The molecule has 0 saturated carbocycles. The predicted molar refractivity (Wildman–Crippen MR) is 94.5 cm³/mol. The number of amides is 1. The molecule has 2 aromatic rings. The predicted octanol–water partition coefficient (Wildman–Crippen LogP) is 3.97. The number of hydrogen-bond donors (Lipinski definition) is 1. The van der Waals surface area contributed by atoms with Crippen LogP contribution in [0.1, 0.15) is 5.56 Å². The van der Waals surface area contributed by atoms with Crippen molar-refractivity contribution in [3.8, 4) is 0 Å². The molecule has 0 saturated heterocycles. The third-order valence-electron chi connectivity index (χ3n) is 3.25. The summed E-state index contributed by atoms with van der Waals surface area (Å²) in [6.45, 7) is 0.604. The van der Waals surface area contributed by atoms with E-state index in [9.17, 15) is 14.9 Å². The Labute approximate surface area is 149 Å². The Balaban J connectivity index is 1.91. The summed E-state index contributed by atoms with van der Waals surface area (Å²) in [5.41, 5.74) is 1.30. The van der Waals surface area contributed by atoms with Crippen molar-refractivity contribution in [1.29, 1.82) is 0 Å². The number of nitro groups is 1. The number of benzene rings is 2. The monoisotopic (exact) mass is 367 g/mol. The number of carbonyl (C=O) groups is 1. The Morgan fingerprint density at radius 1 is 1.21 bits per heavy atom. The molecule has 24 heavy (non-hydrogen) atoms. The van der Waals surface area contributed by atoms with Crippen molar-refractivity contribution < 1.29 is 9.72 Å². The molecule has 6 nitrogen and oxygen atoms in total. The first kappa shape index (κ1) is 18.2. The number of nitrogens with zero attached hydrogens (tertiary/aromatic N) is 2. The zero-order valence-electron chi connectivity index (χ0n) is 12.8. The third kappa shape index (κ3) is 4.92. The molecule has 0 spiro atoms. The van der Waals surface area contributed by atoms with Crippen molar-refractivity contribution in [2.45, 2.75) is 6.54 Å². The van der Waals surface area contributed by atoms with Crippen LogP contribution in [0.15, 0.2) is 42.5 Å². The van der Waals surface area contributed by atoms with Crippen LogP contribution >= 0.6 is 23.2 Å². The molecule has 0 aliphatic carbocycles. The first-order valence-corrected chi connectivity index (χ1v) is 7.78. The number of halogens is 2. The lowest BCUT2D eigenvalue weighted by atomic mass is 10.2. The number of anilines is 1. The van der Waals surface area contributed by atoms with Gasteiger partial charge in [-0.25, -0.2) is 0 Å². The van der Waals surface area contributed by atoms with Crippen LogP contribution in [0.25, 0.3) is 0 Å². The van der Waals surface area contributed by atoms with E-state index >= 15 is 0 Å². The number of rotatable bonds is 6. The summed E-state index contributed by atoms with van der Waals surface area (Å²) in [7, 11) is 1.78. The third-order valence-corrected chi connectivity index (χ3v) is 4.11. The second kappa shape index (κ2) is 8.10. The van der Waals surface area contributed by atoms with Crippen molar-refractivity contribution in [3.63, 3.8) is 0 Å². The average Bonchev–Trinajstić information content (AvgIpc) is 2.52. The number of nitrogens with one attached hydrogen (secondary N) is 1. The molecule has 2 rings (SSSR count). The van der Waals surface area contributed by atoms with E-state index in [-0.39, 0.29) is 18.1 Å². The zero-order chi connectivity index (χ0) is 17.7. The van der Waals surface area contributed by atoms with E-state index in [4.69, 9.17) is 23.2 Å². The molecule has 0 aliphatic rings. The molecular formula is C16H15Cl2N3O3. The van der Waals surface area contributed by atoms with E-state index in [1.165, 1.54) is 24.3 Å². The Morgan fingerprint density at radius 2 is 1.88 bits per heavy atom. The van der Waals surface area contributed by atoms with Gasteiger partial charge in [0, 0.05) is 24.4 Å². The smallest absolute Gasteiger partial charge is 0.269 e. The fourth-order valence-electron chi connectivity index (χ4n) is 2.13. The van der Waals surface area contributed by atoms with E-state index < -0.39 is 4.92 Å². The number of carbonyl (C=O) groups excluding carboxylic acids is 1. The highest BCUT2D eigenvalue weighted by Crippen LogP contribution is 2.26. The van der Waals surface area contributed by atoms with Gasteiger partial charge in [0.25, 0.3) is 5.69 Å². The van der Waals surface area contributed by atoms with Crippen molar-refractivity contribution in [2.24, 2.45) is 0 Å². The Bertz CT molecular complexity index is 751. The lowest BCUT2D eigenvalue weighted by molar-refractivity contribution is -0.384. The average molecular weight is 368 g/mol. The fraction of sp³-hybridized carbons (Fsp3) is 0.188. The van der Waals surface area contributed by atoms with Gasteiger partial charge in [-0.3, -0.25) is 19.8 Å². The molecule has 0 aromatic heterocycles. The van der Waals surface area contributed by atoms with Crippen LogP contribution in [-0.4, -0.2) is 29.3 Å².